The van der Waals surface area contributed by atoms with E-state index < -0.39 is 0 Å². The van der Waals surface area contributed by atoms with Crippen molar-refractivity contribution in [2.45, 2.75) is 6.23 Å². The molecule has 0 aliphatic carbocycles. The Labute approximate surface area is 290 Å². The molecule has 0 aromatic heterocycles. The van der Waals surface area contributed by atoms with Gasteiger partial charge in [0.1, 0.15) is 5.75 Å². The van der Waals surface area contributed by atoms with E-state index in [-0.39, 0.29) is 6.23 Å². The molecular formula is C45H31N3O2. The Morgan fingerprint density at radius 3 is 1.92 bits per heavy atom. The zero-order chi connectivity index (χ0) is 33.0. The van der Waals surface area contributed by atoms with Crippen LogP contribution < -0.4 is 24.6 Å². The number of fused-ring (bicyclic) bond motifs is 7. The average Bonchev–Trinajstić information content (AvgIpc) is 3.63. The highest BCUT2D eigenvalue weighted by atomic mass is 16.5. The monoisotopic (exact) mass is 645 g/mol. The average molecular weight is 646 g/mol. The van der Waals surface area contributed by atoms with Gasteiger partial charge in [-0.1, -0.05) is 103 Å². The molecule has 238 valence electrons. The van der Waals surface area contributed by atoms with Crippen LogP contribution in [0.5, 0.6) is 17.2 Å². The molecule has 5 nitrogen and oxygen atoms in total. The fourth-order valence-electron chi connectivity index (χ4n) is 7.35. The predicted molar refractivity (Wildman–Crippen MR) is 204 cm³/mol. The summed E-state index contributed by atoms with van der Waals surface area (Å²) < 4.78 is 12.7. The van der Waals surface area contributed by atoms with E-state index in [2.05, 4.69) is 149 Å². The highest BCUT2D eigenvalue weighted by molar-refractivity contribution is 6.16. The summed E-state index contributed by atoms with van der Waals surface area (Å²) in [5.74, 6) is 2.54. The van der Waals surface area contributed by atoms with Gasteiger partial charge < -0.3 is 24.6 Å². The molecule has 50 heavy (non-hydrogen) atoms. The lowest BCUT2D eigenvalue weighted by molar-refractivity contribution is 0.260. The van der Waals surface area contributed by atoms with Gasteiger partial charge in [-0.3, -0.25) is 0 Å². The molecule has 5 heteroatoms. The molecule has 10 rings (SSSR count). The van der Waals surface area contributed by atoms with Crippen LogP contribution in [0.15, 0.2) is 176 Å². The Balaban J connectivity index is 1.10. The van der Waals surface area contributed by atoms with Crippen LogP contribution in [-0.2, 0) is 0 Å². The molecule has 0 radical (unpaired) electrons. The van der Waals surface area contributed by atoms with E-state index in [0.717, 1.165) is 68.0 Å². The summed E-state index contributed by atoms with van der Waals surface area (Å²) in [6.07, 6.45) is -0.224. The van der Waals surface area contributed by atoms with Crippen molar-refractivity contribution < 1.29 is 9.47 Å². The van der Waals surface area contributed by atoms with Crippen LogP contribution in [0, 0.1) is 0 Å². The van der Waals surface area contributed by atoms with Crippen molar-refractivity contribution in [3.8, 4) is 17.2 Å². The normalized spacial score (nSPS) is 14.2. The van der Waals surface area contributed by atoms with E-state index >= 15 is 0 Å². The molecule has 8 aromatic rings. The number of rotatable bonds is 5. The fourth-order valence-corrected chi connectivity index (χ4v) is 7.35. The van der Waals surface area contributed by atoms with Crippen LogP contribution in [0.3, 0.4) is 0 Å². The van der Waals surface area contributed by atoms with Gasteiger partial charge in [-0.2, -0.15) is 0 Å². The zero-order valence-electron chi connectivity index (χ0n) is 27.0. The van der Waals surface area contributed by atoms with Crippen LogP contribution in [0.2, 0.25) is 0 Å². The first-order chi connectivity index (χ1) is 24.8. The molecule has 0 spiro atoms. The standard InChI is InChI=1S/C45H31N3O2/c1-3-12-31(13-4-1)45-46-44-42(50-45)27-24-30-22-23-32-28-36(25-26-37(32)43(30)44)47(33-14-5-2-6-15-33)34-16-11-17-35(29-34)48-38-18-7-9-20-40(38)49-41-21-10-8-19-39(41)48/h1-29,45-46H. The highest BCUT2D eigenvalue weighted by Gasteiger charge is 2.28. The van der Waals surface area contributed by atoms with E-state index in [1.54, 1.807) is 0 Å². The van der Waals surface area contributed by atoms with Crippen LogP contribution in [0.4, 0.5) is 39.8 Å². The zero-order valence-corrected chi connectivity index (χ0v) is 27.0. The molecule has 2 aliphatic heterocycles. The second-order valence-corrected chi connectivity index (χ2v) is 12.6. The molecule has 2 aliphatic rings. The molecule has 1 atom stereocenters. The first kappa shape index (κ1) is 28.3. The molecule has 8 aromatic carbocycles. The molecule has 0 saturated carbocycles. The van der Waals surface area contributed by atoms with Crippen molar-refractivity contribution in [1.82, 2.24) is 0 Å². The molecule has 0 saturated heterocycles. The molecule has 2 heterocycles. The third-order valence-electron chi connectivity index (χ3n) is 9.62. The molecule has 1 unspecified atom stereocenters. The number of nitrogens with zero attached hydrogens (tertiary/aromatic N) is 2. The fraction of sp³-hybridized carbons (Fsp3) is 0.0222. The van der Waals surface area contributed by atoms with Gasteiger partial charge in [0.25, 0.3) is 0 Å². The first-order valence-electron chi connectivity index (χ1n) is 16.9. The molecular weight excluding hydrogens is 615 g/mol. The first-order valence-corrected chi connectivity index (χ1v) is 16.9. The van der Waals surface area contributed by atoms with Crippen molar-refractivity contribution >= 4 is 61.4 Å². The lowest BCUT2D eigenvalue weighted by Gasteiger charge is -2.33. The van der Waals surface area contributed by atoms with Gasteiger partial charge >= 0.3 is 0 Å². The summed E-state index contributed by atoms with van der Waals surface area (Å²) in [5, 5.41) is 8.35. The van der Waals surface area contributed by atoms with E-state index in [0.29, 0.717) is 0 Å². The van der Waals surface area contributed by atoms with Crippen molar-refractivity contribution in [3.05, 3.63) is 181 Å². The second-order valence-electron chi connectivity index (χ2n) is 12.6. The Morgan fingerprint density at radius 1 is 0.500 bits per heavy atom. The molecule has 1 N–H and O–H groups in total. The SMILES string of the molecule is c1ccc(C2Nc3c(ccc4ccc5cc(N(c6ccccc6)c6cccc(N7c8ccccc8Oc8ccccc87)c6)ccc5c34)O2)cc1. The van der Waals surface area contributed by atoms with E-state index in [1.165, 1.54) is 16.2 Å². The summed E-state index contributed by atoms with van der Waals surface area (Å²) in [5.41, 5.74) is 8.40. The van der Waals surface area contributed by atoms with Gasteiger partial charge in [0.2, 0.25) is 0 Å². The van der Waals surface area contributed by atoms with Crippen molar-refractivity contribution in [1.29, 1.82) is 0 Å². The van der Waals surface area contributed by atoms with E-state index in [4.69, 9.17) is 9.47 Å². The minimum absolute atomic E-state index is 0.224. The van der Waals surface area contributed by atoms with Crippen LogP contribution in [-0.4, -0.2) is 0 Å². The summed E-state index contributed by atoms with van der Waals surface area (Å²) in [7, 11) is 0. The maximum atomic E-state index is 6.40. The Bertz CT molecular complexity index is 2510. The number of ether oxygens (including phenoxy) is 2. The smallest absolute Gasteiger partial charge is 0.196 e. The van der Waals surface area contributed by atoms with E-state index in [9.17, 15) is 0 Å². The van der Waals surface area contributed by atoms with Crippen LogP contribution >= 0.6 is 0 Å². The quantitative estimate of drug-likeness (QED) is 0.189. The van der Waals surface area contributed by atoms with Gasteiger partial charge in [-0.05, 0) is 89.0 Å². The molecule has 0 amide bonds. The predicted octanol–water partition coefficient (Wildman–Crippen LogP) is 12.5. The third kappa shape index (κ3) is 4.63. The maximum absolute atomic E-state index is 6.40. The lowest BCUT2D eigenvalue weighted by atomic mass is 9.99. The van der Waals surface area contributed by atoms with Gasteiger partial charge in [0, 0.05) is 33.7 Å². The van der Waals surface area contributed by atoms with Crippen molar-refractivity contribution in [3.63, 3.8) is 0 Å². The van der Waals surface area contributed by atoms with Gasteiger partial charge in [-0.15, -0.1) is 0 Å². The summed E-state index contributed by atoms with van der Waals surface area (Å²) in [6, 6.07) is 61.4. The number of benzene rings is 8. The number of anilines is 7. The third-order valence-corrected chi connectivity index (χ3v) is 9.62. The van der Waals surface area contributed by atoms with Gasteiger partial charge in [-0.25, -0.2) is 0 Å². The minimum Gasteiger partial charge on any atom is -0.464 e. The van der Waals surface area contributed by atoms with Gasteiger partial charge in [0.15, 0.2) is 17.7 Å². The molecule has 0 bridgehead atoms. The van der Waals surface area contributed by atoms with Crippen molar-refractivity contribution in [2.75, 3.05) is 15.1 Å². The minimum atomic E-state index is -0.224. The largest absolute Gasteiger partial charge is 0.464 e. The highest BCUT2D eigenvalue weighted by Crippen LogP contribution is 2.51. The Kier molecular flexibility index (Phi) is 6.49. The lowest BCUT2D eigenvalue weighted by Crippen LogP contribution is -2.16. The summed E-state index contributed by atoms with van der Waals surface area (Å²) in [6.45, 7) is 0. The topological polar surface area (TPSA) is 37.0 Å². The van der Waals surface area contributed by atoms with Crippen LogP contribution in [0.1, 0.15) is 11.8 Å². The number of para-hydroxylation sites is 5. The molecule has 0 fully saturated rings. The summed E-state index contributed by atoms with van der Waals surface area (Å²) in [4.78, 5) is 4.61. The Hall–Kier alpha value is -6.72. The number of nitrogens with one attached hydrogen (secondary N) is 1. The van der Waals surface area contributed by atoms with Gasteiger partial charge in [0.05, 0.1) is 17.1 Å². The summed E-state index contributed by atoms with van der Waals surface area (Å²) >= 11 is 0. The number of hydrogen-bond acceptors (Lipinski definition) is 5. The van der Waals surface area contributed by atoms with Crippen LogP contribution in [0.25, 0.3) is 21.5 Å². The van der Waals surface area contributed by atoms with E-state index in [1.807, 2.05) is 42.5 Å². The second kappa shape index (κ2) is 11.5. The maximum Gasteiger partial charge on any atom is 0.196 e. The Morgan fingerprint density at radius 2 is 1.14 bits per heavy atom. The van der Waals surface area contributed by atoms with Crippen molar-refractivity contribution in [2.24, 2.45) is 0 Å². The number of hydrogen-bond donors (Lipinski definition) is 1.